The van der Waals surface area contributed by atoms with Gasteiger partial charge >= 0.3 is 5.97 Å². The van der Waals surface area contributed by atoms with Crippen molar-refractivity contribution in [2.45, 2.75) is 0 Å². The maximum absolute atomic E-state index is 13.2. The summed E-state index contributed by atoms with van der Waals surface area (Å²) in [4.78, 5) is 30.2. The van der Waals surface area contributed by atoms with Crippen LogP contribution in [0.2, 0.25) is 0 Å². The van der Waals surface area contributed by atoms with Crippen molar-refractivity contribution in [3.05, 3.63) is 96.4 Å². The first kappa shape index (κ1) is 23.5. The molecule has 0 unspecified atom stereocenters. The van der Waals surface area contributed by atoms with Crippen LogP contribution >= 0.6 is 0 Å². The summed E-state index contributed by atoms with van der Waals surface area (Å²) in [5.74, 6) is -0.250. The molecule has 3 aromatic carbocycles. The Hall–Kier alpha value is -4.65. The summed E-state index contributed by atoms with van der Waals surface area (Å²) in [7, 11) is 3.31. The molecular weight excluding hydrogens is 444 g/mol. The number of aliphatic carboxylic acids is 1. The Morgan fingerprint density at radius 3 is 2.23 bits per heavy atom. The number of likely N-dealkylation sites (N-methyl/N-ethyl adjacent to an activating group) is 1. The van der Waals surface area contributed by atoms with Crippen LogP contribution < -0.4 is 4.74 Å². The van der Waals surface area contributed by atoms with Gasteiger partial charge in [0.1, 0.15) is 17.0 Å². The standard InChI is InChI=1S/C28H24N2O5/c1-30(2)28(33)23(17-19-10-9-15-22(16-19)34-18-24(31)32)27-29-25(20-11-5-3-6-12-20)26(35-27)21-13-7-4-8-14-21/h3-17H,18H2,1-2H3,(H,31,32)/b23-17+. The van der Waals surface area contributed by atoms with E-state index in [4.69, 9.17) is 19.2 Å². The highest BCUT2D eigenvalue weighted by Gasteiger charge is 2.24. The van der Waals surface area contributed by atoms with Gasteiger partial charge in [0.15, 0.2) is 12.4 Å². The maximum atomic E-state index is 13.2. The fraction of sp³-hybridized carbons (Fsp3) is 0.107. The second-order valence-corrected chi connectivity index (χ2v) is 7.94. The predicted molar refractivity (Wildman–Crippen MR) is 134 cm³/mol. The van der Waals surface area contributed by atoms with Crippen molar-refractivity contribution in [3.8, 4) is 28.3 Å². The third-order valence-corrected chi connectivity index (χ3v) is 5.11. The molecule has 0 saturated heterocycles. The number of carboxylic acids is 1. The largest absolute Gasteiger partial charge is 0.482 e. The molecular formula is C28H24N2O5. The van der Waals surface area contributed by atoms with Gasteiger partial charge in [-0.2, -0.15) is 0 Å². The van der Waals surface area contributed by atoms with Gasteiger partial charge in [-0.3, -0.25) is 4.79 Å². The molecule has 0 bridgehead atoms. The third kappa shape index (κ3) is 5.65. The Labute approximate surface area is 202 Å². The summed E-state index contributed by atoms with van der Waals surface area (Å²) >= 11 is 0. The van der Waals surface area contributed by atoms with Crippen LogP contribution in [-0.2, 0) is 9.59 Å². The van der Waals surface area contributed by atoms with Crippen molar-refractivity contribution in [3.63, 3.8) is 0 Å². The Bertz CT molecular complexity index is 1300. The summed E-state index contributed by atoms with van der Waals surface area (Å²) in [6, 6.07) is 26.1. The molecule has 7 nitrogen and oxygen atoms in total. The van der Waals surface area contributed by atoms with Crippen LogP contribution in [0.3, 0.4) is 0 Å². The number of carboxylic acid groups (broad SMARTS) is 1. The molecule has 1 N–H and O–H groups in total. The van der Waals surface area contributed by atoms with E-state index in [2.05, 4.69) is 0 Å². The monoisotopic (exact) mass is 468 g/mol. The van der Waals surface area contributed by atoms with E-state index >= 15 is 0 Å². The van der Waals surface area contributed by atoms with E-state index in [9.17, 15) is 9.59 Å². The Morgan fingerprint density at radius 1 is 0.943 bits per heavy atom. The van der Waals surface area contributed by atoms with E-state index in [1.54, 1.807) is 44.4 Å². The molecule has 1 heterocycles. The Morgan fingerprint density at radius 2 is 1.60 bits per heavy atom. The second-order valence-electron chi connectivity index (χ2n) is 7.94. The summed E-state index contributed by atoms with van der Waals surface area (Å²) in [5.41, 5.74) is 3.22. The summed E-state index contributed by atoms with van der Waals surface area (Å²) in [5, 5.41) is 8.88. The number of benzene rings is 3. The fourth-order valence-corrected chi connectivity index (χ4v) is 3.47. The van der Waals surface area contributed by atoms with Crippen molar-refractivity contribution >= 4 is 23.5 Å². The number of carbonyl (C=O) groups is 2. The summed E-state index contributed by atoms with van der Waals surface area (Å²) in [6.45, 7) is -0.461. The molecule has 0 radical (unpaired) electrons. The van der Waals surface area contributed by atoms with Crippen molar-refractivity contribution in [2.75, 3.05) is 20.7 Å². The van der Waals surface area contributed by atoms with Gasteiger partial charge in [-0.05, 0) is 23.8 Å². The number of rotatable bonds is 8. The number of amides is 1. The van der Waals surface area contributed by atoms with E-state index in [0.29, 0.717) is 22.8 Å². The molecule has 7 heteroatoms. The molecule has 0 saturated carbocycles. The van der Waals surface area contributed by atoms with Gasteiger partial charge in [-0.15, -0.1) is 0 Å². The van der Waals surface area contributed by atoms with Crippen molar-refractivity contribution < 1.29 is 23.8 Å². The highest BCUT2D eigenvalue weighted by atomic mass is 16.5. The first-order chi connectivity index (χ1) is 16.9. The quantitative estimate of drug-likeness (QED) is 0.362. The number of nitrogens with zero attached hydrogens (tertiary/aromatic N) is 2. The number of aromatic nitrogens is 1. The normalized spacial score (nSPS) is 11.2. The number of hydrogen-bond donors (Lipinski definition) is 1. The van der Waals surface area contributed by atoms with Gasteiger partial charge in [0.05, 0.1) is 0 Å². The van der Waals surface area contributed by atoms with E-state index in [0.717, 1.165) is 11.1 Å². The lowest BCUT2D eigenvalue weighted by molar-refractivity contribution is -0.139. The van der Waals surface area contributed by atoms with Crippen molar-refractivity contribution in [1.29, 1.82) is 0 Å². The molecule has 1 aromatic heterocycles. The molecule has 1 amide bonds. The van der Waals surface area contributed by atoms with E-state index in [-0.39, 0.29) is 17.4 Å². The zero-order valence-corrected chi connectivity index (χ0v) is 19.3. The lowest BCUT2D eigenvalue weighted by Gasteiger charge is -2.12. The highest BCUT2D eigenvalue weighted by molar-refractivity contribution is 6.23. The minimum atomic E-state index is -1.07. The van der Waals surface area contributed by atoms with Gasteiger partial charge in [-0.1, -0.05) is 72.8 Å². The smallest absolute Gasteiger partial charge is 0.341 e. The van der Waals surface area contributed by atoms with E-state index in [1.165, 1.54) is 4.90 Å². The molecule has 176 valence electrons. The summed E-state index contributed by atoms with van der Waals surface area (Å²) < 4.78 is 11.5. The zero-order chi connectivity index (χ0) is 24.8. The van der Waals surface area contributed by atoms with Crippen molar-refractivity contribution in [1.82, 2.24) is 9.88 Å². The van der Waals surface area contributed by atoms with Crippen LogP contribution in [-0.4, -0.2) is 47.6 Å². The van der Waals surface area contributed by atoms with E-state index < -0.39 is 12.6 Å². The number of hydrogen-bond acceptors (Lipinski definition) is 5. The predicted octanol–water partition coefficient (Wildman–Crippen LogP) is 5.10. The molecule has 35 heavy (non-hydrogen) atoms. The minimum absolute atomic E-state index is 0.179. The molecule has 0 fully saturated rings. The average molecular weight is 469 g/mol. The number of ether oxygens (including phenoxy) is 1. The molecule has 4 aromatic rings. The maximum Gasteiger partial charge on any atom is 0.341 e. The SMILES string of the molecule is CN(C)C(=O)/C(=C/c1cccc(OCC(=O)O)c1)c1nc(-c2ccccc2)c(-c2ccccc2)o1. The van der Waals surface area contributed by atoms with Gasteiger partial charge in [0.25, 0.3) is 5.91 Å². The lowest BCUT2D eigenvalue weighted by Crippen LogP contribution is -2.22. The molecule has 0 aliphatic rings. The Kier molecular flexibility index (Phi) is 7.07. The van der Waals surface area contributed by atoms with Crippen LogP contribution in [0.4, 0.5) is 0 Å². The van der Waals surface area contributed by atoms with Crippen molar-refractivity contribution in [2.24, 2.45) is 0 Å². The number of carbonyl (C=O) groups excluding carboxylic acids is 1. The second kappa shape index (κ2) is 10.5. The van der Waals surface area contributed by atoms with E-state index in [1.807, 2.05) is 60.7 Å². The first-order valence-electron chi connectivity index (χ1n) is 10.9. The van der Waals surface area contributed by atoms with Gasteiger partial charge in [-0.25, -0.2) is 9.78 Å². The van der Waals surface area contributed by atoms with Gasteiger partial charge in [0, 0.05) is 25.2 Å². The van der Waals surface area contributed by atoms with Crippen LogP contribution in [0.25, 0.3) is 34.2 Å². The average Bonchev–Trinajstić information content (AvgIpc) is 3.32. The highest BCUT2D eigenvalue weighted by Crippen LogP contribution is 2.35. The third-order valence-electron chi connectivity index (χ3n) is 5.11. The van der Waals surface area contributed by atoms with Crippen LogP contribution in [0.15, 0.2) is 89.3 Å². The minimum Gasteiger partial charge on any atom is -0.482 e. The molecule has 0 spiro atoms. The van der Waals surface area contributed by atoms with Crippen LogP contribution in [0, 0.1) is 0 Å². The topological polar surface area (TPSA) is 92.9 Å². The molecule has 4 rings (SSSR count). The molecule has 0 aliphatic carbocycles. The van der Waals surface area contributed by atoms with Gasteiger partial charge < -0.3 is 19.2 Å². The lowest BCUT2D eigenvalue weighted by atomic mass is 10.1. The van der Waals surface area contributed by atoms with Crippen LogP contribution in [0.5, 0.6) is 5.75 Å². The molecule has 0 aliphatic heterocycles. The Balaban J connectivity index is 1.84. The first-order valence-corrected chi connectivity index (χ1v) is 10.9. The number of oxazole rings is 1. The fourth-order valence-electron chi connectivity index (χ4n) is 3.47. The summed E-state index contributed by atoms with van der Waals surface area (Å²) in [6.07, 6.45) is 1.66. The zero-order valence-electron chi connectivity index (χ0n) is 19.3. The van der Waals surface area contributed by atoms with Gasteiger partial charge in [0.2, 0.25) is 5.89 Å². The molecule has 0 atom stereocenters. The van der Waals surface area contributed by atoms with Crippen LogP contribution in [0.1, 0.15) is 11.5 Å².